The van der Waals surface area contributed by atoms with Gasteiger partial charge in [-0.2, -0.15) is 4.31 Å². The molecule has 0 saturated carbocycles. The van der Waals surface area contributed by atoms with Crippen LogP contribution < -0.4 is 0 Å². The van der Waals surface area contributed by atoms with Crippen LogP contribution in [0.2, 0.25) is 0 Å². The van der Waals surface area contributed by atoms with Crippen LogP contribution in [0.4, 0.5) is 0 Å². The van der Waals surface area contributed by atoms with E-state index in [0.717, 1.165) is 16.9 Å². The van der Waals surface area contributed by atoms with Gasteiger partial charge < -0.3 is 5.11 Å². The number of thiophene rings is 1. The molecule has 2 heterocycles. The first-order valence-electron chi connectivity index (χ1n) is 5.39. The van der Waals surface area contributed by atoms with Gasteiger partial charge in [-0.1, -0.05) is 11.6 Å². The number of carboxylic acid groups (broad SMARTS) is 1. The first-order valence-corrected chi connectivity index (χ1v) is 7.71. The van der Waals surface area contributed by atoms with Gasteiger partial charge in [0.15, 0.2) is 0 Å². The van der Waals surface area contributed by atoms with E-state index in [9.17, 15) is 13.2 Å². The summed E-state index contributed by atoms with van der Waals surface area (Å²) in [6.45, 7) is 2.60. The summed E-state index contributed by atoms with van der Waals surface area (Å²) in [5.41, 5.74) is 0.983. The maximum absolute atomic E-state index is 12.4. The van der Waals surface area contributed by atoms with Crippen molar-refractivity contribution in [3.05, 3.63) is 28.0 Å². The molecule has 1 N–H and O–H groups in total. The zero-order chi connectivity index (χ0) is 13.3. The monoisotopic (exact) mass is 287 g/mol. The van der Waals surface area contributed by atoms with Gasteiger partial charge in [-0.15, -0.1) is 11.3 Å². The highest BCUT2D eigenvalue weighted by Gasteiger charge is 2.30. The molecule has 0 aromatic carbocycles. The van der Waals surface area contributed by atoms with Gasteiger partial charge in [-0.05, 0) is 24.8 Å². The summed E-state index contributed by atoms with van der Waals surface area (Å²) in [4.78, 5) is 10.8. The van der Waals surface area contributed by atoms with Gasteiger partial charge in [0.2, 0.25) is 10.0 Å². The fraction of sp³-hybridized carbons (Fsp3) is 0.364. The molecule has 0 radical (unpaired) electrons. The molecule has 0 atom stereocenters. The first kappa shape index (κ1) is 13.3. The van der Waals surface area contributed by atoms with Crippen LogP contribution in [0.1, 0.15) is 23.0 Å². The van der Waals surface area contributed by atoms with Gasteiger partial charge in [0.05, 0.1) is 0 Å². The Hall–Kier alpha value is -1.18. The van der Waals surface area contributed by atoms with E-state index in [4.69, 9.17) is 5.11 Å². The van der Waals surface area contributed by atoms with Crippen LogP contribution in [0.25, 0.3) is 0 Å². The maximum atomic E-state index is 12.4. The van der Waals surface area contributed by atoms with Gasteiger partial charge in [0.1, 0.15) is 9.77 Å². The number of hydrogen-bond donors (Lipinski definition) is 1. The highest BCUT2D eigenvalue weighted by Crippen LogP contribution is 2.27. The molecule has 18 heavy (non-hydrogen) atoms. The summed E-state index contributed by atoms with van der Waals surface area (Å²) >= 11 is 0.929. The third-order valence-corrected chi connectivity index (χ3v) is 5.66. The largest absolute Gasteiger partial charge is 0.477 e. The lowest BCUT2D eigenvalue weighted by atomic mass is 10.2. The molecule has 98 valence electrons. The van der Waals surface area contributed by atoms with Gasteiger partial charge in [0, 0.05) is 13.1 Å². The van der Waals surface area contributed by atoms with Crippen molar-refractivity contribution in [3.63, 3.8) is 0 Å². The predicted octanol–water partition coefficient (Wildman–Crippen LogP) is 1.79. The summed E-state index contributed by atoms with van der Waals surface area (Å²) in [5.74, 6) is -1.20. The van der Waals surface area contributed by atoms with Gasteiger partial charge in [-0.3, -0.25) is 0 Å². The second kappa shape index (κ2) is 4.83. The van der Waals surface area contributed by atoms with Crippen molar-refractivity contribution in [3.8, 4) is 0 Å². The van der Waals surface area contributed by atoms with Crippen molar-refractivity contribution in [2.45, 2.75) is 18.2 Å². The lowest BCUT2D eigenvalue weighted by Crippen LogP contribution is -2.35. The van der Waals surface area contributed by atoms with Crippen molar-refractivity contribution in [2.24, 2.45) is 0 Å². The van der Waals surface area contributed by atoms with E-state index < -0.39 is 16.0 Å². The van der Waals surface area contributed by atoms with E-state index in [2.05, 4.69) is 0 Å². The number of hydrogen-bond acceptors (Lipinski definition) is 4. The summed E-state index contributed by atoms with van der Waals surface area (Å²) in [6, 6.07) is 1.36. The Bertz CT molecular complexity index is 600. The van der Waals surface area contributed by atoms with Crippen molar-refractivity contribution in [1.82, 2.24) is 4.31 Å². The van der Waals surface area contributed by atoms with E-state index in [1.807, 2.05) is 13.0 Å². The summed E-state index contributed by atoms with van der Waals surface area (Å²) < 4.78 is 26.1. The number of rotatable bonds is 3. The van der Waals surface area contributed by atoms with Gasteiger partial charge in [0.25, 0.3) is 0 Å². The van der Waals surface area contributed by atoms with Crippen LogP contribution in [0.5, 0.6) is 0 Å². The summed E-state index contributed by atoms with van der Waals surface area (Å²) in [6.07, 6.45) is 2.66. The third-order valence-electron chi connectivity index (χ3n) is 2.74. The molecule has 0 aliphatic carbocycles. The van der Waals surface area contributed by atoms with E-state index in [1.165, 1.54) is 15.8 Å². The van der Waals surface area contributed by atoms with E-state index in [1.54, 1.807) is 0 Å². The summed E-state index contributed by atoms with van der Waals surface area (Å²) in [7, 11) is -3.71. The average molecular weight is 287 g/mol. The van der Waals surface area contributed by atoms with Crippen molar-refractivity contribution < 1.29 is 18.3 Å². The average Bonchev–Trinajstić information content (AvgIpc) is 2.78. The van der Waals surface area contributed by atoms with Crippen LogP contribution >= 0.6 is 11.3 Å². The zero-order valence-corrected chi connectivity index (χ0v) is 11.4. The first-order chi connectivity index (χ1) is 8.43. The highest BCUT2D eigenvalue weighted by molar-refractivity contribution is 7.89. The molecule has 1 aliphatic rings. The number of carboxylic acids is 1. The molecular weight excluding hydrogens is 274 g/mol. The Morgan fingerprint density at radius 3 is 2.83 bits per heavy atom. The Morgan fingerprint density at radius 2 is 2.22 bits per heavy atom. The zero-order valence-electron chi connectivity index (χ0n) is 9.79. The molecule has 1 aromatic rings. The van der Waals surface area contributed by atoms with Crippen LogP contribution in [-0.2, 0) is 10.0 Å². The molecule has 0 amide bonds. The Morgan fingerprint density at radius 1 is 1.50 bits per heavy atom. The molecule has 0 unspecified atom stereocenters. The number of nitrogens with zero attached hydrogens (tertiary/aromatic N) is 1. The lowest BCUT2D eigenvalue weighted by Gasteiger charge is -2.25. The number of aromatic carboxylic acids is 1. The smallest absolute Gasteiger partial charge is 0.347 e. The van der Waals surface area contributed by atoms with Crippen LogP contribution in [-0.4, -0.2) is 36.9 Å². The second-order valence-corrected chi connectivity index (χ2v) is 6.92. The minimum atomic E-state index is -3.71. The maximum Gasteiger partial charge on any atom is 0.347 e. The fourth-order valence-electron chi connectivity index (χ4n) is 1.88. The topological polar surface area (TPSA) is 74.7 Å². The van der Waals surface area contributed by atoms with Crippen molar-refractivity contribution in [2.75, 3.05) is 13.1 Å². The second-order valence-electron chi connectivity index (χ2n) is 4.10. The Kier molecular flexibility index (Phi) is 3.56. The molecular formula is C11H13NO4S2. The van der Waals surface area contributed by atoms with Gasteiger partial charge in [-0.25, -0.2) is 13.2 Å². The molecule has 5 nitrogen and oxygen atoms in total. The molecule has 0 bridgehead atoms. The number of sulfonamides is 1. The standard InChI is InChI=1S/C11H13NO4S2/c1-8-3-2-5-12(7-8)18(15,16)9-4-6-17-10(9)11(13)14/h3-4,6H,2,5,7H2,1H3,(H,13,14). The van der Waals surface area contributed by atoms with Crippen LogP contribution in [0.3, 0.4) is 0 Å². The molecule has 2 rings (SSSR count). The fourth-order valence-corrected chi connectivity index (χ4v) is 4.61. The Balaban J connectivity index is 2.40. The molecule has 0 fully saturated rings. The molecule has 0 spiro atoms. The minimum Gasteiger partial charge on any atom is -0.477 e. The van der Waals surface area contributed by atoms with Gasteiger partial charge >= 0.3 is 5.97 Å². The number of carbonyl (C=O) groups is 1. The Labute approximate surface area is 109 Å². The van der Waals surface area contributed by atoms with E-state index in [-0.39, 0.29) is 9.77 Å². The quantitative estimate of drug-likeness (QED) is 0.860. The predicted molar refractivity (Wildman–Crippen MR) is 68.4 cm³/mol. The molecule has 7 heteroatoms. The molecule has 1 aromatic heterocycles. The minimum absolute atomic E-state index is 0.102. The van der Waals surface area contributed by atoms with Crippen molar-refractivity contribution in [1.29, 1.82) is 0 Å². The lowest BCUT2D eigenvalue weighted by molar-refractivity contribution is 0.0698. The van der Waals surface area contributed by atoms with Crippen LogP contribution in [0.15, 0.2) is 28.0 Å². The SMILES string of the molecule is CC1=CCCN(S(=O)(=O)c2ccsc2C(=O)O)C1. The summed E-state index contributed by atoms with van der Waals surface area (Å²) in [5, 5.41) is 10.5. The third kappa shape index (κ3) is 2.33. The van der Waals surface area contributed by atoms with E-state index in [0.29, 0.717) is 19.5 Å². The molecule has 0 saturated heterocycles. The normalized spacial score (nSPS) is 17.5. The van der Waals surface area contributed by atoms with Crippen molar-refractivity contribution >= 4 is 27.3 Å². The molecule has 1 aliphatic heterocycles. The van der Waals surface area contributed by atoms with E-state index >= 15 is 0 Å². The highest BCUT2D eigenvalue weighted by atomic mass is 32.2. The van der Waals surface area contributed by atoms with Crippen LogP contribution in [0, 0.1) is 0 Å².